The van der Waals surface area contributed by atoms with E-state index in [1.54, 1.807) is 0 Å². The summed E-state index contributed by atoms with van der Waals surface area (Å²) in [5.41, 5.74) is -4.01. The molecular formula is C13H9F21OSi. The molecule has 0 fully saturated rings. The Bertz CT molecular complexity index is 809. The molecule has 0 saturated heterocycles. The van der Waals surface area contributed by atoms with Crippen molar-refractivity contribution in [2.75, 3.05) is 0 Å². The topological polar surface area (TPSA) is 9.23 Å². The van der Waals surface area contributed by atoms with Crippen molar-refractivity contribution in [1.29, 1.82) is 0 Å². The zero-order chi connectivity index (χ0) is 30.2. The number of alkyl halides is 21. The van der Waals surface area contributed by atoms with E-state index in [4.69, 9.17) is 0 Å². The van der Waals surface area contributed by atoms with Crippen molar-refractivity contribution in [2.45, 2.75) is 78.9 Å². The molecule has 23 heteroatoms. The van der Waals surface area contributed by atoms with Gasteiger partial charge in [0.2, 0.25) is 0 Å². The van der Waals surface area contributed by atoms with Crippen LogP contribution in [0.2, 0.25) is 0 Å². The Morgan fingerprint density at radius 2 is 0.500 bits per heavy atom. The van der Waals surface area contributed by atoms with Crippen molar-refractivity contribution in [3.63, 3.8) is 0 Å². The van der Waals surface area contributed by atoms with Crippen LogP contribution in [-0.4, -0.2) is 75.6 Å². The number of hydrogen-bond acceptors (Lipinski definition) is 1. The van der Waals surface area contributed by atoms with Crippen LogP contribution in [0.15, 0.2) is 0 Å². The molecule has 0 aliphatic carbocycles. The molecule has 0 amide bonds. The molecule has 0 aromatic carbocycles. The molecule has 0 bridgehead atoms. The van der Waals surface area contributed by atoms with Gasteiger partial charge >= 0.3 is 59.5 Å². The molecule has 0 spiro atoms. The monoisotopic (exact) mass is 608 g/mol. The number of rotatable bonds is 10. The Morgan fingerprint density at radius 1 is 0.333 bits per heavy atom. The van der Waals surface area contributed by atoms with Crippen LogP contribution in [0.25, 0.3) is 0 Å². The maximum atomic E-state index is 13.8. The summed E-state index contributed by atoms with van der Waals surface area (Å²) < 4.78 is 281. The minimum atomic E-state index is -9.17. The van der Waals surface area contributed by atoms with E-state index in [9.17, 15) is 92.2 Å². The fraction of sp³-hybridized carbons (Fsp3) is 1.00. The molecular weight excluding hydrogens is 599 g/mol. The van der Waals surface area contributed by atoms with E-state index in [1.807, 2.05) is 0 Å². The van der Waals surface area contributed by atoms with Crippen molar-refractivity contribution < 1.29 is 96.6 Å². The molecule has 218 valence electrons. The summed E-state index contributed by atoms with van der Waals surface area (Å²) in [6, 6.07) is 0. The lowest BCUT2D eigenvalue weighted by atomic mass is 9.83. The first-order valence-electron chi connectivity index (χ1n) is 8.08. The number of halogens is 21. The lowest BCUT2D eigenvalue weighted by molar-refractivity contribution is -0.476. The maximum Gasteiger partial charge on any atom is 0.460 e. The van der Waals surface area contributed by atoms with E-state index < -0.39 is 75.6 Å². The minimum absolute atomic E-state index is 0.261. The second-order valence-corrected chi connectivity index (χ2v) is 7.79. The van der Waals surface area contributed by atoms with Gasteiger partial charge in [0, 0.05) is 0 Å². The molecule has 0 rings (SSSR count). The van der Waals surface area contributed by atoms with Gasteiger partial charge in [-0.2, -0.15) is 92.2 Å². The lowest BCUT2D eigenvalue weighted by Gasteiger charge is -2.46. The minimum Gasteiger partial charge on any atom is -0.417 e. The fourth-order valence-electron chi connectivity index (χ4n) is 2.06. The predicted octanol–water partition coefficient (Wildman–Crippen LogP) is 6.34. The van der Waals surface area contributed by atoms with Crippen LogP contribution in [0.5, 0.6) is 0 Å². The van der Waals surface area contributed by atoms with E-state index in [-0.39, 0.29) is 13.8 Å². The molecule has 0 N–H and O–H groups in total. The molecule has 0 aromatic heterocycles. The summed E-state index contributed by atoms with van der Waals surface area (Å²) in [6.07, 6.45) is -8.00. The van der Waals surface area contributed by atoms with Gasteiger partial charge < -0.3 is 4.43 Å². The van der Waals surface area contributed by atoms with Gasteiger partial charge in [0.05, 0.1) is 0 Å². The normalized spacial score (nSPS) is 17.1. The highest BCUT2D eigenvalue weighted by Crippen LogP contribution is 2.66. The molecule has 36 heavy (non-hydrogen) atoms. The van der Waals surface area contributed by atoms with Crippen LogP contribution in [0.4, 0.5) is 92.2 Å². The highest BCUT2D eigenvalue weighted by atomic mass is 28.2. The Labute approximate surface area is 187 Å². The van der Waals surface area contributed by atoms with Gasteiger partial charge in [0.25, 0.3) is 0 Å². The Kier molecular flexibility index (Phi) is 8.05. The van der Waals surface area contributed by atoms with E-state index in [0.717, 1.165) is 0 Å². The quantitative estimate of drug-likeness (QED) is 0.208. The molecule has 0 saturated carbocycles. The first kappa shape index (κ1) is 34.7. The van der Waals surface area contributed by atoms with E-state index in [2.05, 4.69) is 4.43 Å². The van der Waals surface area contributed by atoms with Crippen molar-refractivity contribution in [3.05, 3.63) is 0 Å². The third-order valence-electron chi connectivity index (χ3n) is 4.78. The molecule has 0 aliphatic rings. The van der Waals surface area contributed by atoms with Crippen LogP contribution in [0.3, 0.4) is 0 Å². The first-order valence-corrected chi connectivity index (χ1v) is 8.90. The molecule has 0 aromatic rings. The smallest absolute Gasteiger partial charge is 0.417 e. The average Bonchev–Trinajstić information content (AvgIpc) is 2.65. The molecule has 0 unspecified atom stereocenters. The van der Waals surface area contributed by atoms with Gasteiger partial charge in [0.15, 0.2) is 0 Å². The van der Waals surface area contributed by atoms with Gasteiger partial charge in [-0.25, -0.2) is 0 Å². The highest BCUT2D eigenvalue weighted by molar-refractivity contribution is 5.98. The second-order valence-electron chi connectivity index (χ2n) is 7.38. The van der Waals surface area contributed by atoms with Gasteiger partial charge in [-0.15, -0.1) is 0 Å². The molecule has 1 nitrogen and oxygen atoms in total. The standard InChI is InChI=1S/C13H9F21OSi/c1-3(2,35-36)4(14,15)5(16,17)6(18,19)7(20,21)8(22,23)9(24,25)10(26,27)11(28,29)12(30,31)13(32,33)34/h1-2,36H3. The van der Waals surface area contributed by atoms with Crippen LogP contribution in [0, 0.1) is 0 Å². The van der Waals surface area contributed by atoms with Crippen LogP contribution in [0.1, 0.15) is 13.8 Å². The van der Waals surface area contributed by atoms with Crippen molar-refractivity contribution in [1.82, 2.24) is 0 Å². The summed E-state index contributed by atoms with van der Waals surface area (Å²) in [5.74, 6) is -77.0. The highest BCUT2D eigenvalue weighted by Gasteiger charge is 2.98. The Balaban J connectivity index is 7.18. The summed E-state index contributed by atoms with van der Waals surface area (Å²) in [5, 5.41) is 0. The third kappa shape index (κ3) is 3.91. The molecule has 0 aliphatic heterocycles. The van der Waals surface area contributed by atoms with Gasteiger partial charge in [-0.3, -0.25) is 0 Å². The molecule has 0 atom stereocenters. The summed E-state index contributed by atoms with van der Waals surface area (Å²) in [7, 11) is -1.11. The van der Waals surface area contributed by atoms with E-state index in [1.165, 1.54) is 0 Å². The van der Waals surface area contributed by atoms with Crippen molar-refractivity contribution >= 4 is 10.5 Å². The fourth-order valence-corrected chi connectivity index (χ4v) is 2.32. The summed E-state index contributed by atoms with van der Waals surface area (Å²) in [4.78, 5) is 0. The van der Waals surface area contributed by atoms with Gasteiger partial charge in [-0.05, 0) is 13.8 Å². The SMILES string of the molecule is CC(C)(O[SiH3])C(F)(F)C(F)(F)C(F)(F)C(F)(F)C(F)(F)C(F)(F)C(F)(F)C(F)(F)C(F)(F)C(F)(F)F. The van der Waals surface area contributed by atoms with Crippen LogP contribution in [-0.2, 0) is 4.43 Å². The maximum absolute atomic E-state index is 13.8. The van der Waals surface area contributed by atoms with Crippen molar-refractivity contribution in [2.24, 2.45) is 0 Å². The Hall–Kier alpha value is -1.29. The zero-order valence-electron chi connectivity index (χ0n) is 16.8. The van der Waals surface area contributed by atoms with E-state index in [0.29, 0.717) is 0 Å². The van der Waals surface area contributed by atoms with E-state index >= 15 is 0 Å². The largest absolute Gasteiger partial charge is 0.460 e. The molecule has 0 heterocycles. The van der Waals surface area contributed by atoms with Crippen LogP contribution < -0.4 is 0 Å². The predicted molar refractivity (Wildman–Crippen MR) is 75.7 cm³/mol. The zero-order valence-corrected chi connectivity index (χ0v) is 18.8. The first-order chi connectivity index (χ1) is 15.1. The number of hydrogen-bond donors (Lipinski definition) is 0. The van der Waals surface area contributed by atoms with Crippen molar-refractivity contribution in [3.8, 4) is 0 Å². The summed E-state index contributed by atoms with van der Waals surface area (Å²) in [6.45, 7) is -0.522. The second kappa shape index (κ2) is 8.35. The lowest BCUT2D eigenvalue weighted by Crippen LogP contribution is -2.77. The van der Waals surface area contributed by atoms with Gasteiger partial charge in [-0.1, -0.05) is 0 Å². The average molecular weight is 608 g/mol. The Morgan fingerprint density at radius 3 is 0.667 bits per heavy atom. The third-order valence-corrected chi connectivity index (χ3v) is 5.80. The van der Waals surface area contributed by atoms with Crippen LogP contribution >= 0.6 is 0 Å². The van der Waals surface area contributed by atoms with Gasteiger partial charge in [0.1, 0.15) is 16.1 Å². The summed E-state index contributed by atoms with van der Waals surface area (Å²) >= 11 is 0. The molecule has 0 radical (unpaired) electrons.